The molecule has 1 aliphatic rings. The second kappa shape index (κ2) is 6.72. The zero-order chi connectivity index (χ0) is 18.0. The third-order valence-electron chi connectivity index (χ3n) is 3.91. The Morgan fingerprint density at radius 2 is 1.92 bits per heavy atom. The van der Waals surface area contributed by atoms with Gasteiger partial charge in [0.25, 0.3) is 5.91 Å². The van der Waals surface area contributed by atoms with Gasteiger partial charge >= 0.3 is 0 Å². The molecule has 3 rings (SSSR count). The summed E-state index contributed by atoms with van der Waals surface area (Å²) in [5.74, 6) is -0.362. The van der Waals surface area contributed by atoms with Crippen LogP contribution in [0.2, 0.25) is 0 Å². The fourth-order valence-electron chi connectivity index (χ4n) is 2.68. The van der Waals surface area contributed by atoms with Gasteiger partial charge in [-0.3, -0.25) is 9.10 Å². The van der Waals surface area contributed by atoms with Crippen molar-refractivity contribution in [3.05, 3.63) is 53.8 Å². The second-order valence-electron chi connectivity index (χ2n) is 5.59. The maximum absolute atomic E-state index is 12.9. The van der Waals surface area contributed by atoms with Gasteiger partial charge in [0.05, 0.1) is 18.6 Å². The fourth-order valence-corrected chi connectivity index (χ4v) is 4.25. The van der Waals surface area contributed by atoms with Gasteiger partial charge in [0, 0.05) is 23.9 Å². The van der Waals surface area contributed by atoms with Crippen LogP contribution in [0.5, 0.6) is 5.75 Å². The van der Waals surface area contributed by atoms with Gasteiger partial charge in [-0.15, -0.1) is 0 Å². The van der Waals surface area contributed by atoms with Gasteiger partial charge < -0.3 is 10.1 Å². The molecule has 1 N–H and O–H groups in total. The Labute approximate surface area is 145 Å². The molecule has 6 nitrogen and oxygen atoms in total. The largest absolute Gasteiger partial charge is 0.494 e. The Bertz CT molecular complexity index is 897. The summed E-state index contributed by atoms with van der Waals surface area (Å²) in [6.45, 7) is 0.403. The molecule has 1 fully saturated rings. The average Bonchev–Trinajstić information content (AvgIpc) is 2.94. The van der Waals surface area contributed by atoms with E-state index in [2.05, 4.69) is 5.32 Å². The average molecular weight is 364 g/mol. The van der Waals surface area contributed by atoms with Crippen molar-refractivity contribution in [2.45, 2.75) is 6.42 Å². The molecule has 132 valence electrons. The van der Waals surface area contributed by atoms with E-state index >= 15 is 0 Å². The number of hydrogen-bond acceptors (Lipinski definition) is 4. The highest BCUT2D eigenvalue weighted by atomic mass is 32.2. The molecule has 8 heteroatoms. The molecule has 0 spiro atoms. The lowest BCUT2D eigenvalue weighted by Gasteiger charge is -2.20. The van der Waals surface area contributed by atoms with Crippen molar-refractivity contribution in [2.24, 2.45) is 0 Å². The molecular formula is C17H17FN2O4S. The molecule has 0 atom stereocenters. The maximum atomic E-state index is 12.9. The predicted molar refractivity (Wildman–Crippen MR) is 93.1 cm³/mol. The Balaban J connectivity index is 1.84. The van der Waals surface area contributed by atoms with E-state index in [0.29, 0.717) is 35.7 Å². The first kappa shape index (κ1) is 17.2. The Morgan fingerprint density at radius 3 is 2.52 bits per heavy atom. The number of methoxy groups -OCH3 is 1. The summed E-state index contributed by atoms with van der Waals surface area (Å²) in [7, 11) is -1.89. The van der Waals surface area contributed by atoms with Crippen molar-refractivity contribution in [1.29, 1.82) is 0 Å². The van der Waals surface area contributed by atoms with Crippen LogP contribution in [0, 0.1) is 5.82 Å². The lowest BCUT2D eigenvalue weighted by atomic mass is 10.2. The topological polar surface area (TPSA) is 75.7 Å². The first-order chi connectivity index (χ1) is 11.9. The molecule has 0 aromatic heterocycles. The number of sulfonamides is 1. The van der Waals surface area contributed by atoms with E-state index in [1.807, 2.05) is 0 Å². The van der Waals surface area contributed by atoms with Crippen LogP contribution >= 0.6 is 0 Å². The predicted octanol–water partition coefficient (Wildman–Crippen LogP) is 2.63. The number of carbonyl (C=O) groups is 1. The number of ether oxygens (including phenoxy) is 1. The molecule has 1 saturated heterocycles. The van der Waals surface area contributed by atoms with E-state index in [1.165, 1.54) is 35.7 Å². The number of nitrogens with zero attached hydrogens (tertiary/aromatic N) is 1. The smallest absolute Gasteiger partial charge is 0.255 e. The number of halogens is 1. The van der Waals surface area contributed by atoms with Crippen LogP contribution in [0.15, 0.2) is 42.5 Å². The van der Waals surface area contributed by atoms with Crippen molar-refractivity contribution < 1.29 is 22.3 Å². The van der Waals surface area contributed by atoms with Gasteiger partial charge in [0.2, 0.25) is 10.0 Å². The first-order valence-electron chi connectivity index (χ1n) is 7.66. The van der Waals surface area contributed by atoms with Crippen LogP contribution in [0.1, 0.15) is 16.8 Å². The van der Waals surface area contributed by atoms with Crippen molar-refractivity contribution in [2.75, 3.05) is 29.0 Å². The van der Waals surface area contributed by atoms with Gasteiger partial charge in [-0.1, -0.05) is 0 Å². The van der Waals surface area contributed by atoms with Crippen LogP contribution in [-0.2, 0) is 10.0 Å². The van der Waals surface area contributed by atoms with E-state index in [9.17, 15) is 17.6 Å². The summed E-state index contributed by atoms with van der Waals surface area (Å²) >= 11 is 0. The van der Waals surface area contributed by atoms with E-state index in [1.54, 1.807) is 18.2 Å². The first-order valence-corrected chi connectivity index (χ1v) is 9.27. The summed E-state index contributed by atoms with van der Waals surface area (Å²) in [5, 5.41) is 2.68. The summed E-state index contributed by atoms with van der Waals surface area (Å²) in [6.07, 6.45) is 0.564. The third kappa shape index (κ3) is 3.58. The van der Waals surface area contributed by atoms with E-state index in [4.69, 9.17) is 4.74 Å². The van der Waals surface area contributed by atoms with Crippen molar-refractivity contribution in [3.8, 4) is 5.75 Å². The monoisotopic (exact) mass is 364 g/mol. The minimum Gasteiger partial charge on any atom is -0.494 e. The normalized spacial score (nSPS) is 15.8. The molecular weight excluding hydrogens is 347 g/mol. The summed E-state index contributed by atoms with van der Waals surface area (Å²) in [6, 6.07) is 9.94. The zero-order valence-electron chi connectivity index (χ0n) is 13.5. The molecule has 1 amide bonds. The van der Waals surface area contributed by atoms with Crippen molar-refractivity contribution in [1.82, 2.24) is 0 Å². The molecule has 0 aliphatic carbocycles. The zero-order valence-corrected chi connectivity index (χ0v) is 14.3. The highest BCUT2D eigenvalue weighted by Crippen LogP contribution is 2.35. The number of anilines is 2. The highest BCUT2D eigenvalue weighted by molar-refractivity contribution is 7.93. The highest BCUT2D eigenvalue weighted by Gasteiger charge is 2.30. The quantitative estimate of drug-likeness (QED) is 0.905. The number of carbonyl (C=O) groups excluding carboxylic acids is 1. The third-order valence-corrected chi connectivity index (χ3v) is 5.77. The Morgan fingerprint density at radius 1 is 1.20 bits per heavy atom. The van der Waals surface area contributed by atoms with Crippen molar-refractivity contribution in [3.63, 3.8) is 0 Å². The molecule has 0 bridgehead atoms. The van der Waals surface area contributed by atoms with Crippen molar-refractivity contribution >= 4 is 27.3 Å². The summed E-state index contributed by atoms with van der Waals surface area (Å²) in [5.41, 5.74) is 1.21. The number of nitrogens with one attached hydrogen (secondary N) is 1. The minimum atomic E-state index is -3.33. The molecule has 1 aliphatic heterocycles. The Kier molecular flexibility index (Phi) is 4.63. The number of amides is 1. The SMILES string of the molecule is COc1cc(NC(=O)c2ccc(F)cc2)ccc1N1CCCS1(=O)=O. The van der Waals surface area contributed by atoms with Crippen LogP contribution in [0.4, 0.5) is 15.8 Å². The minimum absolute atomic E-state index is 0.110. The van der Waals surface area contributed by atoms with Gasteiger partial charge in [-0.25, -0.2) is 12.8 Å². The van der Waals surface area contributed by atoms with Gasteiger partial charge in [-0.05, 0) is 42.8 Å². The Hall–Kier alpha value is -2.61. The van der Waals surface area contributed by atoms with Gasteiger partial charge in [0.15, 0.2) is 0 Å². The lowest BCUT2D eigenvalue weighted by Crippen LogP contribution is -2.25. The second-order valence-corrected chi connectivity index (χ2v) is 7.60. The number of benzene rings is 2. The van der Waals surface area contributed by atoms with E-state index in [-0.39, 0.29) is 5.75 Å². The number of rotatable bonds is 4. The van der Waals surface area contributed by atoms with Gasteiger partial charge in [0.1, 0.15) is 11.6 Å². The van der Waals surface area contributed by atoms with Gasteiger partial charge in [-0.2, -0.15) is 0 Å². The summed E-state index contributed by atoms with van der Waals surface area (Å²) < 4.78 is 43.7. The molecule has 0 unspecified atom stereocenters. The van der Waals surface area contributed by atoms with Crippen LogP contribution < -0.4 is 14.4 Å². The van der Waals surface area contributed by atoms with Crippen LogP contribution in [0.25, 0.3) is 0 Å². The maximum Gasteiger partial charge on any atom is 0.255 e. The summed E-state index contributed by atoms with van der Waals surface area (Å²) in [4.78, 5) is 12.2. The molecule has 0 radical (unpaired) electrons. The molecule has 25 heavy (non-hydrogen) atoms. The molecule has 0 saturated carbocycles. The van der Waals surface area contributed by atoms with E-state index < -0.39 is 21.7 Å². The standard InChI is InChI=1S/C17H17FN2O4S/c1-24-16-11-14(19-17(21)12-3-5-13(18)6-4-12)7-8-15(16)20-9-2-10-25(20,22)23/h3-8,11H,2,9-10H2,1H3,(H,19,21). The van der Waals surface area contributed by atoms with Crippen LogP contribution in [0.3, 0.4) is 0 Å². The molecule has 2 aromatic rings. The molecule has 2 aromatic carbocycles. The van der Waals surface area contributed by atoms with Crippen LogP contribution in [-0.4, -0.2) is 33.7 Å². The number of hydrogen-bond donors (Lipinski definition) is 1. The molecule has 1 heterocycles. The lowest BCUT2D eigenvalue weighted by molar-refractivity contribution is 0.102. The van der Waals surface area contributed by atoms with E-state index in [0.717, 1.165) is 0 Å². The fraction of sp³-hybridized carbons (Fsp3) is 0.235.